The van der Waals surface area contributed by atoms with E-state index >= 15 is 0 Å². The van der Waals surface area contributed by atoms with E-state index in [1.807, 2.05) is 0 Å². The molecule has 0 atom stereocenters. The number of carbonyl (C=O) groups excluding carboxylic acids is 1. The van der Waals surface area contributed by atoms with Gasteiger partial charge in [0.15, 0.2) is 0 Å². The van der Waals surface area contributed by atoms with E-state index in [-0.39, 0.29) is 0 Å². The Morgan fingerprint density at radius 2 is 1.38 bits per heavy atom. The van der Waals surface area contributed by atoms with Gasteiger partial charge in [0.2, 0.25) is 0 Å². The van der Waals surface area contributed by atoms with Crippen molar-refractivity contribution in [3.63, 3.8) is 0 Å². The van der Waals surface area contributed by atoms with Crippen molar-refractivity contribution < 1.29 is 4.79 Å². The van der Waals surface area contributed by atoms with Crippen molar-refractivity contribution in [1.82, 2.24) is 9.80 Å². The second-order valence-electron chi connectivity index (χ2n) is 7.91. The highest BCUT2D eigenvalue weighted by atomic mass is 16.2. The first-order valence-electron chi connectivity index (χ1n) is 9.01. The van der Waals surface area contributed by atoms with Crippen LogP contribution in [0.3, 0.4) is 0 Å². The van der Waals surface area contributed by atoms with Gasteiger partial charge < -0.3 is 9.80 Å². The summed E-state index contributed by atoms with van der Waals surface area (Å²) in [5.41, 5.74) is 0. The Hall–Kier alpha value is -0.730. The standard InChI is InChI=1S/C18H34N2O/c1-14(2)13-16-5-9-19(10-6-16)18(21)20-11-7-17(8-12-20)15(3)4/h14-17H,5-13H2,1-4H3. The van der Waals surface area contributed by atoms with Crippen LogP contribution in [0.2, 0.25) is 0 Å². The first kappa shape index (κ1) is 16.6. The number of piperidine rings is 2. The lowest BCUT2D eigenvalue weighted by molar-refractivity contribution is 0.107. The van der Waals surface area contributed by atoms with Gasteiger partial charge in [0.05, 0.1) is 0 Å². The summed E-state index contributed by atoms with van der Waals surface area (Å²) in [6.07, 6.45) is 6.10. The van der Waals surface area contributed by atoms with Crippen LogP contribution in [-0.2, 0) is 0 Å². The first-order valence-corrected chi connectivity index (χ1v) is 9.01. The predicted octanol–water partition coefficient (Wildman–Crippen LogP) is 4.23. The average molecular weight is 294 g/mol. The Morgan fingerprint density at radius 1 is 0.905 bits per heavy atom. The fraction of sp³-hybridized carbons (Fsp3) is 0.944. The minimum atomic E-state index is 0.306. The number of hydrogen-bond acceptors (Lipinski definition) is 1. The van der Waals surface area contributed by atoms with Crippen molar-refractivity contribution in [3.8, 4) is 0 Å². The Bertz CT molecular complexity index is 324. The lowest BCUT2D eigenvalue weighted by Crippen LogP contribution is -2.49. The van der Waals surface area contributed by atoms with E-state index in [1.54, 1.807) is 0 Å². The smallest absolute Gasteiger partial charge is 0.319 e. The van der Waals surface area contributed by atoms with Crippen molar-refractivity contribution in [2.75, 3.05) is 26.2 Å². The fourth-order valence-corrected chi connectivity index (χ4v) is 3.98. The Labute approximate surface area is 131 Å². The summed E-state index contributed by atoms with van der Waals surface area (Å²) in [7, 11) is 0. The second-order valence-corrected chi connectivity index (χ2v) is 7.91. The van der Waals surface area contributed by atoms with Gasteiger partial charge in [-0.2, -0.15) is 0 Å². The molecule has 0 bridgehead atoms. The largest absolute Gasteiger partial charge is 0.325 e. The molecule has 0 aromatic rings. The molecule has 0 aromatic carbocycles. The number of carbonyl (C=O) groups is 1. The molecule has 0 saturated carbocycles. The monoisotopic (exact) mass is 294 g/mol. The molecule has 2 heterocycles. The third-order valence-corrected chi connectivity index (χ3v) is 5.44. The van der Waals surface area contributed by atoms with Crippen molar-refractivity contribution in [2.24, 2.45) is 23.7 Å². The van der Waals surface area contributed by atoms with Gasteiger partial charge in [-0.3, -0.25) is 0 Å². The highest BCUT2D eigenvalue weighted by Crippen LogP contribution is 2.27. The van der Waals surface area contributed by atoms with Crippen LogP contribution in [0.1, 0.15) is 59.8 Å². The molecule has 2 saturated heterocycles. The lowest BCUT2D eigenvalue weighted by Gasteiger charge is -2.39. The summed E-state index contributed by atoms with van der Waals surface area (Å²) in [5.74, 6) is 3.19. The number of amides is 2. The van der Waals surface area contributed by atoms with Crippen LogP contribution >= 0.6 is 0 Å². The number of nitrogens with zero attached hydrogens (tertiary/aromatic N) is 2. The fourth-order valence-electron chi connectivity index (χ4n) is 3.98. The van der Waals surface area contributed by atoms with E-state index in [0.717, 1.165) is 49.9 Å². The molecule has 0 unspecified atom stereocenters. The van der Waals surface area contributed by atoms with Crippen molar-refractivity contribution >= 4 is 6.03 Å². The topological polar surface area (TPSA) is 23.6 Å². The van der Waals surface area contributed by atoms with Crippen molar-refractivity contribution in [2.45, 2.75) is 59.8 Å². The first-order chi connectivity index (χ1) is 9.97. The van der Waals surface area contributed by atoms with Crippen LogP contribution in [0.15, 0.2) is 0 Å². The summed E-state index contributed by atoms with van der Waals surface area (Å²) in [6, 6.07) is 0.306. The maximum Gasteiger partial charge on any atom is 0.319 e. The molecule has 2 fully saturated rings. The molecule has 2 rings (SSSR count). The highest BCUT2D eigenvalue weighted by molar-refractivity contribution is 5.74. The summed E-state index contributed by atoms with van der Waals surface area (Å²) in [6.45, 7) is 13.1. The van der Waals surface area contributed by atoms with Crippen LogP contribution in [0.25, 0.3) is 0 Å². The van der Waals surface area contributed by atoms with Gasteiger partial charge in [-0.05, 0) is 55.8 Å². The molecule has 3 heteroatoms. The van der Waals surface area contributed by atoms with Gasteiger partial charge in [0.1, 0.15) is 0 Å². The molecule has 0 spiro atoms. The number of likely N-dealkylation sites (tertiary alicyclic amines) is 2. The van der Waals surface area contributed by atoms with E-state index in [4.69, 9.17) is 0 Å². The van der Waals surface area contributed by atoms with Gasteiger partial charge in [-0.15, -0.1) is 0 Å². The molecule has 2 aliphatic rings. The van der Waals surface area contributed by atoms with Gasteiger partial charge in [0, 0.05) is 26.2 Å². The summed E-state index contributed by atoms with van der Waals surface area (Å²) in [4.78, 5) is 16.8. The normalized spacial score (nSPS) is 22.4. The summed E-state index contributed by atoms with van der Waals surface area (Å²) < 4.78 is 0. The minimum Gasteiger partial charge on any atom is -0.325 e. The zero-order chi connectivity index (χ0) is 15.4. The van der Waals surface area contributed by atoms with Gasteiger partial charge >= 0.3 is 6.03 Å². The maximum absolute atomic E-state index is 12.6. The zero-order valence-corrected chi connectivity index (χ0v) is 14.5. The van der Waals surface area contributed by atoms with Crippen LogP contribution in [0.5, 0.6) is 0 Å². The minimum absolute atomic E-state index is 0.306. The predicted molar refractivity (Wildman–Crippen MR) is 88.3 cm³/mol. The third kappa shape index (κ3) is 4.62. The van der Waals surface area contributed by atoms with E-state index in [1.165, 1.54) is 32.1 Å². The molecule has 2 aliphatic heterocycles. The van der Waals surface area contributed by atoms with Gasteiger partial charge in [-0.25, -0.2) is 4.79 Å². The van der Waals surface area contributed by atoms with E-state index in [0.29, 0.717) is 6.03 Å². The molecule has 0 N–H and O–H groups in total. The molecule has 0 aliphatic carbocycles. The molecule has 2 amide bonds. The molecule has 21 heavy (non-hydrogen) atoms. The number of hydrogen-bond donors (Lipinski definition) is 0. The molecular formula is C18H34N2O. The van der Waals surface area contributed by atoms with Crippen LogP contribution in [0, 0.1) is 23.7 Å². The molecular weight excluding hydrogens is 260 g/mol. The third-order valence-electron chi connectivity index (χ3n) is 5.44. The van der Waals surface area contributed by atoms with Crippen LogP contribution < -0.4 is 0 Å². The maximum atomic E-state index is 12.6. The van der Waals surface area contributed by atoms with Gasteiger partial charge in [0.25, 0.3) is 0 Å². The quantitative estimate of drug-likeness (QED) is 0.764. The average Bonchev–Trinajstić information content (AvgIpc) is 2.47. The molecule has 3 nitrogen and oxygen atoms in total. The van der Waals surface area contributed by atoms with E-state index < -0.39 is 0 Å². The van der Waals surface area contributed by atoms with E-state index in [9.17, 15) is 4.79 Å². The molecule has 0 aromatic heterocycles. The summed E-state index contributed by atoms with van der Waals surface area (Å²) in [5, 5.41) is 0. The molecule has 0 radical (unpaired) electrons. The zero-order valence-electron chi connectivity index (χ0n) is 14.5. The second kappa shape index (κ2) is 7.51. The van der Waals surface area contributed by atoms with Crippen molar-refractivity contribution in [1.29, 1.82) is 0 Å². The van der Waals surface area contributed by atoms with Gasteiger partial charge in [-0.1, -0.05) is 27.7 Å². The molecule has 122 valence electrons. The Kier molecular flexibility index (Phi) is 5.95. The number of urea groups is 1. The van der Waals surface area contributed by atoms with Crippen LogP contribution in [-0.4, -0.2) is 42.0 Å². The lowest BCUT2D eigenvalue weighted by atomic mass is 9.86. The van der Waals surface area contributed by atoms with E-state index in [2.05, 4.69) is 37.5 Å². The number of rotatable bonds is 3. The van der Waals surface area contributed by atoms with Crippen LogP contribution in [0.4, 0.5) is 4.79 Å². The Balaban J connectivity index is 1.75. The Morgan fingerprint density at radius 3 is 1.81 bits per heavy atom. The van der Waals surface area contributed by atoms with Crippen molar-refractivity contribution in [3.05, 3.63) is 0 Å². The highest BCUT2D eigenvalue weighted by Gasteiger charge is 2.29. The SMILES string of the molecule is CC(C)CC1CCN(C(=O)N2CCC(C(C)C)CC2)CC1. The summed E-state index contributed by atoms with van der Waals surface area (Å²) >= 11 is 0.